The summed E-state index contributed by atoms with van der Waals surface area (Å²) in [5.74, 6) is 0.481. The molecule has 1 aliphatic heterocycles. The van der Waals surface area contributed by atoms with Gasteiger partial charge >= 0.3 is 0 Å². The van der Waals surface area contributed by atoms with Crippen molar-refractivity contribution in [1.82, 2.24) is 4.90 Å². The average Bonchev–Trinajstić information content (AvgIpc) is 3.21. The Morgan fingerprint density at radius 1 is 1.11 bits per heavy atom. The minimum absolute atomic E-state index is 0.0482. The Hall–Kier alpha value is -2.60. The van der Waals surface area contributed by atoms with Gasteiger partial charge in [-0.3, -0.25) is 9.59 Å². The second-order valence-electron chi connectivity index (χ2n) is 6.29. The summed E-state index contributed by atoms with van der Waals surface area (Å²) in [7, 11) is 1.59. The number of nitrogens with one attached hydrogen (secondary N) is 1. The molecule has 1 N–H and O–H groups in total. The molecular formula is C21H21BrN2O3. The Kier molecular flexibility index (Phi) is 6.29. The summed E-state index contributed by atoms with van der Waals surface area (Å²) in [5.41, 5.74) is 2.08. The van der Waals surface area contributed by atoms with Crippen LogP contribution in [0.15, 0.2) is 53.0 Å². The van der Waals surface area contributed by atoms with Crippen LogP contribution in [0, 0.1) is 0 Å². The van der Waals surface area contributed by atoms with Gasteiger partial charge in [-0.15, -0.1) is 0 Å². The van der Waals surface area contributed by atoms with Crippen molar-refractivity contribution in [2.24, 2.45) is 0 Å². The number of carbonyl (C=O) groups excluding carboxylic acids is 2. The van der Waals surface area contributed by atoms with Crippen molar-refractivity contribution in [3.8, 4) is 5.75 Å². The van der Waals surface area contributed by atoms with Gasteiger partial charge in [0.2, 0.25) is 5.91 Å². The van der Waals surface area contributed by atoms with Crippen LogP contribution in [0.4, 0.5) is 5.69 Å². The lowest BCUT2D eigenvalue weighted by Crippen LogP contribution is -2.27. The third-order valence-electron chi connectivity index (χ3n) is 4.40. The number of amides is 2. The summed E-state index contributed by atoms with van der Waals surface area (Å²) >= 11 is 3.41. The number of hydrogen-bond acceptors (Lipinski definition) is 3. The summed E-state index contributed by atoms with van der Waals surface area (Å²) in [4.78, 5) is 26.4. The van der Waals surface area contributed by atoms with E-state index in [0.717, 1.165) is 36.0 Å². The fourth-order valence-electron chi connectivity index (χ4n) is 2.98. The quantitative estimate of drug-likeness (QED) is 0.720. The summed E-state index contributed by atoms with van der Waals surface area (Å²) < 4.78 is 6.19. The van der Waals surface area contributed by atoms with E-state index in [1.165, 1.54) is 6.08 Å². The Balaban J connectivity index is 1.62. The van der Waals surface area contributed by atoms with Gasteiger partial charge < -0.3 is 15.0 Å². The van der Waals surface area contributed by atoms with Crippen LogP contribution in [-0.2, 0) is 4.79 Å². The number of hydrogen-bond donors (Lipinski definition) is 1. The lowest BCUT2D eigenvalue weighted by atomic mass is 10.1. The maximum absolute atomic E-state index is 12.3. The lowest BCUT2D eigenvalue weighted by Gasteiger charge is -2.15. The molecular weight excluding hydrogens is 408 g/mol. The average molecular weight is 429 g/mol. The van der Waals surface area contributed by atoms with Crippen molar-refractivity contribution in [1.29, 1.82) is 0 Å². The predicted molar refractivity (Wildman–Crippen MR) is 110 cm³/mol. The first-order chi connectivity index (χ1) is 13.1. The van der Waals surface area contributed by atoms with Crippen LogP contribution >= 0.6 is 15.9 Å². The number of benzene rings is 2. The number of carbonyl (C=O) groups is 2. The fraction of sp³-hybridized carbons (Fsp3) is 0.238. The monoisotopic (exact) mass is 428 g/mol. The molecule has 140 valence electrons. The third-order valence-corrected chi connectivity index (χ3v) is 4.89. The molecule has 6 heteroatoms. The molecule has 1 fully saturated rings. The Morgan fingerprint density at radius 3 is 2.48 bits per heavy atom. The molecule has 0 spiro atoms. The van der Waals surface area contributed by atoms with E-state index in [2.05, 4.69) is 21.2 Å². The maximum Gasteiger partial charge on any atom is 0.253 e. The molecule has 2 aromatic rings. The SMILES string of the molecule is COc1ccc(Br)cc1/C=C/C(=O)Nc1ccc(C(=O)N2CCCC2)cc1. The molecule has 2 aromatic carbocycles. The van der Waals surface area contributed by atoms with Gasteiger partial charge in [0.15, 0.2) is 0 Å². The lowest BCUT2D eigenvalue weighted by molar-refractivity contribution is -0.111. The van der Waals surface area contributed by atoms with E-state index in [0.29, 0.717) is 17.0 Å². The zero-order valence-electron chi connectivity index (χ0n) is 15.1. The second kappa shape index (κ2) is 8.86. The van der Waals surface area contributed by atoms with Crippen LogP contribution < -0.4 is 10.1 Å². The number of halogens is 1. The number of anilines is 1. The van der Waals surface area contributed by atoms with Crippen molar-refractivity contribution < 1.29 is 14.3 Å². The molecule has 0 saturated carbocycles. The van der Waals surface area contributed by atoms with Crippen LogP contribution in [0.1, 0.15) is 28.8 Å². The van der Waals surface area contributed by atoms with E-state index in [1.54, 1.807) is 37.5 Å². The standard InChI is InChI=1S/C21H21BrN2O3/c1-27-19-10-7-17(22)14-16(19)6-11-20(25)23-18-8-4-15(5-9-18)21(26)24-12-2-3-13-24/h4-11,14H,2-3,12-13H2,1H3,(H,23,25)/b11-6+. The van der Waals surface area contributed by atoms with Gasteiger partial charge in [0, 0.05) is 40.5 Å². The molecule has 0 aromatic heterocycles. The molecule has 1 aliphatic rings. The van der Waals surface area contributed by atoms with Crippen LogP contribution in [-0.4, -0.2) is 36.9 Å². The highest BCUT2D eigenvalue weighted by molar-refractivity contribution is 9.10. The molecule has 0 aliphatic carbocycles. The minimum Gasteiger partial charge on any atom is -0.496 e. The largest absolute Gasteiger partial charge is 0.496 e. The maximum atomic E-state index is 12.3. The highest BCUT2D eigenvalue weighted by atomic mass is 79.9. The first-order valence-electron chi connectivity index (χ1n) is 8.79. The molecule has 0 unspecified atom stereocenters. The molecule has 0 atom stereocenters. The number of likely N-dealkylation sites (tertiary alicyclic amines) is 1. The second-order valence-corrected chi connectivity index (χ2v) is 7.20. The zero-order chi connectivity index (χ0) is 19.2. The molecule has 0 bridgehead atoms. The number of ether oxygens (including phenoxy) is 1. The van der Waals surface area contributed by atoms with Gasteiger partial charge in [-0.2, -0.15) is 0 Å². The smallest absolute Gasteiger partial charge is 0.253 e. The van der Waals surface area contributed by atoms with E-state index < -0.39 is 0 Å². The summed E-state index contributed by atoms with van der Waals surface area (Å²) in [6.07, 6.45) is 5.28. The van der Waals surface area contributed by atoms with Gasteiger partial charge in [-0.25, -0.2) is 0 Å². The summed E-state index contributed by atoms with van der Waals surface area (Å²) in [6.45, 7) is 1.64. The van der Waals surface area contributed by atoms with Crippen LogP contribution in [0.3, 0.4) is 0 Å². The van der Waals surface area contributed by atoms with Crippen molar-refractivity contribution in [3.63, 3.8) is 0 Å². The van der Waals surface area contributed by atoms with Crippen molar-refractivity contribution >= 4 is 39.5 Å². The molecule has 27 heavy (non-hydrogen) atoms. The summed E-state index contributed by atoms with van der Waals surface area (Å²) in [5, 5.41) is 2.80. The predicted octanol–water partition coefficient (Wildman–Crippen LogP) is 4.35. The first-order valence-corrected chi connectivity index (χ1v) is 9.58. The Labute approximate surface area is 167 Å². The van der Waals surface area contributed by atoms with Gasteiger partial charge in [0.05, 0.1) is 7.11 Å². The van der Waals surface area contributed by atoms with Gasteiger partial charge in [-0.1, -0.05) is 15.9 Å². The highest BCUT2D eigenvalue weighted by Crippen LogP contribution is 2.24. The molecule has 2 amide bonds. The van der Waals surface area contributed by atoms with Gasteiger partial charge in [0.1, 0.15) is 5.75 Å². The van der Waals surface area contributed by atoms with E-state index in [4.69, 9.17) is 4.74 Å². The number of nitrogens with zero attached hydrogens (tertiary/aromatic N) is 1. The van der Waals surface area contributed by atoms with Crippen LogP contribution in [0.5, 0.6) is 5.75 Å². The normalized spacial score (nSPS) is 13.8. The molecule has 3 rings (SSSR count). The Morgan fingerprint density at radius 2 is 1.81 bits per heavy atom. The zero-order valence-corrected chi connectivity index (χ0v) is 16.7. The minimum atomic E-state index is -0.254. The number of rotatable bonds is 5. The van der Waals surface area contributed by atoms with E-state index in [1.807, 2.05) is 23.1 Å². The first kappa shape index (κ1) is 19.2. The molecule has 1 heterocycles. The molecule has 1 saturated heterocycles. The third kappa shape index (κ3) is 4.98. The van der Waals surface area contributed by atoms with E-state index in [9.17, 15) is 9.59 Å². The molecule has 0 radical (unpaired) electrons. The van der Waals surface area contributed by atoms with E-state index in [-0.39, 0.29) is 11.8 Å². The molecule has 5 nitrogen and oxygen atoms in total. The van der Waals surface area contributed by atoms with E-state index >= 15 is 0 Å². The van der Waals surface area contributed by atoms with Crippen LogP contribution in [0.2, 0.25) is 0 Å². The van der Waals surface area contributed by atoms with Crippen LogP contribution in [0.25, 0.3) is 6.08 Å². The van der Waals surface area contributed by atoms with Gasteiger partial charge in [-0.05, 0) is 61.4 Å². The van der Waals surface area contributed by atoms with Crippen molar-refractivity contribution in [2.75, 3.05) is 25.5 Å². The Bertz CT molecular complexity index is 856. The van der Waals surface area contributed by atoms with Crippen molar-refractivity contribution in [3.05, 3.63) is 64.1 Å². The fourth-order valence-corrected chi connectivity index (χ4v) is 3.36. The van der Waals surface area contributed by atoms with Crippen molar-refractivity contribution in [2.45, 2.75) is 12.8 Å². The summed E-state index contributed by atoms with van der Waals surface area (Å²) in [6, 6.07) is 12.6. The number of methoxy groups -OCH3 is 1. The topological polar surface area (TPSA) is 58.6 Å². The highest BCUT2D eigenvalue weighted by Gasteiger charge is 2.19. The van der Waals surface area contributed by atoms with Gasteiger partial charge in [0.25, 0.3) is 5.91 Å².